The summed E-state index contributed by atoms with van der Waals surface area (Å²) >= 11 is 0. The van der Waals surface area contributed by atoms with Gasteiger partial charge in [0.25, 0.3) is 0 Å². The van der Waals surface area contributed by atoms with E-state index in [-0.39, 0.29) is 30.8 Å². The molecule has 1 fully saturated rings. The zero-order valence-electron chi connectivity index (χ0n) is 23.3. The lowest BCUT2D eigenvalue weighted by atomic mass is 9.90. The summed E-state index contributed by atoms with van der Waals surface area (Å²) in [4.78, 5) is 14.2. The number of halogens is 2. The van der Waals surface area contributed by atoms with E-state index in [1.54, 1.807) is 18.2 Å². The largest absolute Gasteiger partial charge is 0.370 e. The van der Waals surface area contributed by atoms with Crippen LogP contribution in [0, 0.1) is 11.6 Å². The van der Waals surface area contributed by atoms with Gasteiger partial charge >= 0.3 is 6.03 Å². The minimum Gasteiger partial charge on any atom is -0.370 e. The molecular weight excluding hydrogens is 548 g/mol. The van der Waals surface area contributed by atoms with Gasteiger partial charge in [0.2, 0.25) is 10.0 Å². The zero-order valence-corrected chi connectivity index (χ0v) is 24.1. The van der Waals surface area contributed by atoms with Gasteiger partial charge in [0.05, 0.1) is 24.5 Å². The van der Waals surface area contributed by atoms with Crippen molar-refractivity contribution >= 4 is 21.7 Å². The first-order valence-electron chi connectivity index (χ1n) is 13.8. The SMILES string of the molecule is CC(C)(CS(=O)(=O)N1CCC(c2ccc(NC(=O)N3Cc4cc(F)cc(F)c4C3)cc2)CC1)OCc1ccccc1. The van der Waals surface area contributed by atoms with Crippen molar-refractivity contribution in [2.75, 3.05) is 24.2 Å². The number of nitrogens with zero attached hydrogens (tertiary/aromatic N) is 2. The molecule has 7 nitrogen and oxygen atoms in total. The van der Waals surface area contributed by atoms with Crippen molar-refractivity contribution < 1.29 is 26.7 Å². The first kappa shape index (κ1) is 29.2. The van der Waals surface area contributed by atoms with Crippen molar-refractivity contribution in [3.63, 3.8) is 0 Å². The van der Waals surface area contributed by atoms with Crippen LogP contribution in [0.3, 0.4) is 0 Å². The Kier molecular flexibility index (Phi) is 8.45. The predicted molar refractivity (Wildman–Crippen MR) is 154 cm³/mol. The van der Waals surface area contributed by atoms with E-state index < -0.39 is 27.3 Å². The summed E-state index contributed by atoms with van der Waals surface area (Å²) < 4.78 is 61.5. The second-order valence-electron chi connectivity index (χ2n) is 11.4. The molecule has 2 aliphatic rings. The third-order valence-corrected chi connectivity index (χ3v) is 9.95. The van der Waals surface area contributed by atoms with E-state index >= 15 is 0 Å². The van der Waals surface area contributed by atoms with Crippen molar-refractivity contribution in [2.45, 2.75) is 57.9 Å². The molecule has 0 aromatic heterocycles. The lowest BCUT2D eigenvalue weighted by Crippen LogP contribution is -2.45. The number of nitrogens with one attached hydrogen (secondary N) is 1. The molecule has 5 rings (SSSR count). The molecule has 218 valence electrons. The number of hydrogen-bond donors (Lipinski definition) is 1. The molecule has 3 aromatic rings. The maximum atomic E-state index is 14.0. The van der Waals surface area contributed by atoms with Gasteiger partial charge in [-0.25, -0.2) is 26.3 Å². The number of rotatable bonds is 8. The quantitative estimate of drug-likeness (QED) is 0.352. The predicted octanol–water partition coefficient (Wildman–Crippen LogP) is 6.02. The van der Waals surface area contributed by atoms with Gasteiger partial charge in [-0.05, 0) is 67.5 Å². The van der Waals surface area contributed by atoms with Gasteiger partial charge in [-0.1, -0.05) is 42.5 Å². The Hall–Kier alpha value is -3.34. The van der Waals surface area contributed by atoms with Crippen LogP contribution in [0.2, 0.25) is 0 Å². The Morgan fingerprint density at radius 2 is 1.68 bits per heavy atom. The standard InChI is InChI=1S/C31H35F2N3O4S/c1-31(2,40-20-22-6-4-3-5-7-22)21-41(38,39)36-14-12-24(13-15-36)23-8-10-27(11-9-23)34-30(37)35-18-25-16-26(32)17-29(33)28(25)19-35/h3-11,16-17,24H,12-15,18-21H2,1-2H3,(H,34,37). The summed E-state index contributed by atoms with van der Waals surface area (Å²) in [5, 5.41) is 2.82. The van der Waals surface area contributed by atoms with Crippen molar-refractivity contribution in [1.29, 1.82) is 0 Å². The van der Waals surface area contributed by atoms with Gasteiger partial charge in [0, 0.05) is 37.0 Å². The number of amides is 2. The normalized spacial score (nSPS) is 16.5. The first-order valence-corrected chi connectivity index (χ1v) is 15.4. The Labute approximate surface area is 240 Å². The molecule has 0 bridgehead atoms. The van der Waals surface area contributed by atoms with E-state index in [2.05, 4.69) is 5.32 Å². The van der Waals surface area contributed by atoms with Crippen molar-refractivity contribution in [1.82, 2.24) is 9.21 Å². The van der Waals surface area contributed by atoms with Crippen LogP contribution in [0.1, 0.15) is 54.9 Å². The van der Waals surface area contributed by atoms with E-state index in [1.807, 2.05) is 54.6 Å². The fraction of sp³-hybridized carbons (Fsp3) is 0.387. The summed E-state index contributed by atoms with van der Waals surface area (Å²) in [5.74, 6) is -1.17. The summed E-state index contributed by atoms with van der Waals surface area (Å²) in [5.41, 5.74) is 2.67. The van der Waals surface area contributed by atoms with Gasteiger partial charge in [0.1, 0.15) is 11.6 Å². The van der Waals surface area contributed by atoms with Gasteiger partial charge in [0.15, 0.2) is 0 Å². The van der Waals surface area contributed by atoms with Crippen LogP contribution in [0.4, 0.5) is 19.3 Å². The third kappa shape index (κ3) is 7.12. The van der Waals surface area contributed by atoms with Crippen molar-refractivity contribution in [3.05, 3.63) is 101 Å². The highest BCUT2D eigenvalue weighted by molar-refractivity contribution is 7.89. The Bertz CT molecular complexity index is 1490. The van der Waals surface area contributed by atoms with E-state index in [9.17, 15) is 22.0 Å². The van der Waals surface area contributed by atoms with Gasteiger partial charge in [-0.3, -0.25) is 0 Å². The van der Waals surface area contributed by atoms with Crippen LogP contribution in [-0.2, 0) is 34.5 Å². The molecule has 0 saturated carbocycles. The van der Waals surface area contributed by atoms with Crippen LogP contribution in [0.25, 0.3) is 0 Å². The zero-order chi connectivity index (χ0) is 29.2. The number of sulfonamides is 1. The van der Waals surface area contributed by atoms with E-state index in [0.717, 1.165) is 17.2 Å². The average molecular weight is 584 g/mol. The number of anilines is 1. The molecule has 2 amide bonds. The van der Waals surface area contributed by atoms with E-state index in [4.69, 9.17) is 4.74 Å². The van der Waals surface area contributed by atoms with Crippen LogP contribution in [0.15, 0.2) is 66.7 Å². The van der Waals surface area contributed by atoms with Crippen LogP contribution >= 0.6 is 0 Å². The number of fused-ring (bicyclic) bond motifs is 1. The van der Waals surface area contributed by atoms with Crippen LogP contribution in [0.5, 0.6) is 0 Å². The summed E-state index contributed by atoms with van der Waals surface area (Å²) in [6.45, 7) is 5.07. The number of ether oxygens (including phenoxy) is 1. The Morgan fingerprint density at radius 1 is 1.00 bits per heavy atom. The molecule has 0 aliphatic carbocycles. The fourth-order valence-corrected chi connectivity index (χ4v) is 7.42. The fourth-order valence-electron chi connectivity index (χ4n) is 5.50. The highest BCUT2D eigenvalue weighted by atomic mass is 32.2. The molecular formula is C31H35F2N3O4S. The molecule has 41 heavy (non-hydrogen) atoms. The number of hydrogen-bond acceptors (Lipinski definition) is 4. The van der Waals surface area contributed by atoms with Crippen LogP contribution < -0.4 is 5.32 Å². The third-order valence-electron chi connectivity index (χ3n) is 7.73. The maximum Gasteiger partial charge on any atom is 0.322 e. The number of benzene rings is 3. The molecule has 0 unspecified atom stereocenters. The number of piperidine rings is 1. The minimum atomic E-state index is -3.49. The number of carbonyl (C=O) groups is 1. The summed E-state index contributed by atoms with van der Waals surface area (Å²) in [6, 6.07) is 18.9. The molecule has 2 heterocycles. The molecule has 1 saturated heterocycles. The van der Waals surface area contributed by atoms with Crippen molar-refractivity contribution in [2.24, 2.45) is 0 Å². The molecule has 3 aromatic carbocycles. The molecule has 2 aliphatic heterocycles. The molecule has 0 radical (unpaired) electrons. The smallest absolute Gasteiger partial charge is 0.322 e. The Balaban J connectivity index is 1.11. The van der Waals surface area contributed by atoms with E-state index in [1.165, 1.54) is 11.0 Å². The molecule has 0 atom stereocenters. The highest BCUT2D eigenvalue weighted by Gasteiger charge is 2.34. The topological polar surface area (TPSA) is 79.0 Å². The molecule has 1 N–H and O–H groups in total. The molecule has 10 heteroatoms. The van der Waals surface area contributed by atoms with Crippen LogP contribution in [-0.4, -0.2) is 48.1 Å². The van der Waals surface area contributed by atoms with Gasteiger partial charge in [-0.2, -0.15) is 0 Å². The van der Waals surface area contributed by atoms with Crippen molar-refractivity contribution in [3.8, 4) is 0 Å². The second kappa shape index (κ2) is 11.9. The summed E-state index contributed by atoms with van der Waals surface area (Å²) in [7, 11) is -3.49. The van der Waals surface area contributed by atoms with E-state index in [0.29, 0.717) is 49.4 Å². The Morgan fingerprint density at radius 3 is 2.37 bits per heavy atom. The number of carbonyl (C=O) groups excluding carboxylic acids is 1. The lowest BCUT2D eigenvalue weighted by Gasteiger charge is -2.34. The lowest BCUT2D eigenvalue weighted by molar-refractivity contribution is -0.0131. The monoisotopic (exact) mass is 583 g/mol. The van der Waals surface area contributed by atoms with Gasteiger partial charge < -0.3 is 15.0 Å². The minimum absolute atomic E-state index is 0.0865. The highest BCUT2D eigenvalue weighted by Crippen LogP contribution is 2.32. The summed E-state index contributed by atoms with van der Waals surface area (Å²) in [6.07, 6.45) is 1.40. The number of urea groups is 1. The van der Waals surface area contributed by atoms with Gasteiger partial charge in [-0.15, -0.1) is 0 Å². The average Bonchev–Trinajstić information content (AvgIpc) is 3.37. The molecule has 0 spiro atoms. The second-order valence-corrected chi connectivity index (χ2v) is 13.4. The first-order chi connectivity index (χ1) is 19.5. The maximum absolute atomic E-state index is 14.0.